The molecule has 0 spiro atoms. The van der Waals surface area contributed by atoms with Crippen molar-refractivity contribution >= 4 is 22.4 Å². The average Bonchev–Trinajstić information content (AvgIpc) is 2.29. The van der Waals surface area contributed by atoms with Gasteiger partial charge in [-0.2, -0.15) is 0 Å². The highest BCUT2D eigenvalue weighted by atomic mass is 16.3. The van der Waals surface area contributed by atoms with Gasteiger partial charge in [0.05, 0.1) is 0 Å². The Morgan fingerprint density at radius 2 is 2.18 bits per heavy atom. The fourth-order valence-electron chi connectivity index (χ4n) is 1.69. The van der Waals surface area contributed by atoms with Crippen molar-refractivity contribution in [3.05, 3.63) is 49.1 Å². The molecule has 0 radical (unpaired) electrons. The van der Waals surface area contributed by atoms with Gasteiger partial charge in [-0.25, -0.2) is 0 Å². The van der Waals surface area contributed by atoms with Gasteiger partial charge in [-0.1, -0.05) is 18.2 Å². The monoisotopic (exact) mass is 227 g/mol. The summed E-state index contributed by atoms with van der Waals surface area (Å²) in [4.78, 5) is 11.4. The number of phenols is 1. The average molecular weight is 227 g/mol. The predicted octanol–water partition coefficient (Wildman–Crippen LogP) is 3.06. The first-order valence-electron chi connectivity index (χ1n) is 5.33. The number of rotatable bonds is 3. The van der Waals surface area contributed by atoms with Gasteiger partial charge in [0.1, 0.15) is 5.75 Å². The van der Waals surface area contributed by atoms with E-state index in [4.69, 9.17) is 0 Å². The maximum absolute atomic E-state index is 11.4. The van der Waals surface area contributed by atoms with E-state index in [1.807, 2.05) is 12.1 Å². The van der Waals surface area contributed by atoms with Crippen molar-refractivity contribution in [2.75, 3.05) is 5.32 Å². The molecule has 0 fully saturated rings. The maximum Gasteiger partial charge on any atom is 0.228 e. The number of fused-ring (bicyclic) bond motifs is 1. The third-order valence-electron chi connectivity index (χ3n) is 2.47. The number of hydrogen-bond acceptors (Lipinski definition) is 2. The molecule has 0 aliphatic heterocycles. The van der Waals surface area contributed by atoms with E-state index in [1.165, 1.54) is 0 Å². The zero-order valence-corrected chi connectivity index (χ0v) is 9.31. The zero-order valence-electron chi connectivity index (χ0n) is 9.31. The summed E-state index contributed by atoms with van der Waals surface area (Å²) in [6.07, 6.45) is 1.85. The van der Waals surface area contributed by atoms with Crippen molar-refractivity contribution in [1.29, 1.82) is 0 Å². The molecule has 0 heterocycles. The Kier molecular flexibility index (Phi) is 3.10. The molecule has 0 atom stereocenters. The number of phenolic OH excluding ortho intramolecular Hbond substituents is 1. The molecule has 2 N–H and O–H groups in total. The highest BCUT2D eigenvalue weighted by molar-refractivity contribution is 5.96. The number of carbonyl (C=O) groups excluding carboxylic acids is 1. The molecular weight excluding hydrogens is 214 g/mol. The molecule has 2 aromatic rings. The number of aromatic hydroxyl groups is 1. The van der Waals surface area contributed by atoms with Crippen LogP contribution in [0.5, 0.6) is 5.75 Å². The third-order valence-corrected chi connectivity index (χ3v) is 2.47. The molecule has 3 nitrogen and oxygen atoms in total. The Balaban J connectivity index is 2.32. The van der Waals surface area contributed by atoms with Crippen LogP contribution in [-0.2, 0) is 4.79 Å². The van der Waals surface area contributed by atoms with Gasteiger partial charge in [0.25, 0.3) is 0 Å². The first-order chi connectivity index (χ1) is 8.20. The third kappa shape index (κ3) is 2.45. The van der Waals surface area contributed by atoms with Gasteiger partial charge in [-0.05, 0) is 29.7 Å². The van der Waals surface area contributed by atoms with Gasteiger partial charge >= 0.3 is 0 Å². The minimum absolute atomic E-state index is 0.0977. The number of anilines is 1. The van der Waals surface area contributed by atoms with Gasteiger partial charge in [-0.15, -0.1) is 6.58 Å². The molecule has 1 amide bonds. The van der Waals surface area contributed by atoms with Crippen molar-refractivity contribution in [2.24, 2.45) is 0 Å². The smallest absolute Gasteiger partial charge is 0.228 e. The molecule has 17 heavy (non-hydrogen) atoms. The Hall–Kier alpha value is -2.29. The summed E-state index contributed by atoms with van der Waals surface area (Å²) in [7, 11) is 0. The van der Waals surface area contributed by atoms with Crippen molar-refractivity contribution in [1.82, 2.24) is 0 Å². The highest BCUT2D eigenvalue weighted by Crippen LogP contribution is 2.26. The molecule has 0 saturated heterocycles. The molecule has 2 rings (SSSR count). The first kappa shape index (κ1) is 11.2. The zero-order chi connectivity index (χ0) is 12.3. The first-order valence-corrected chi connectivity index (χ1v) is 5.33. The normalized spacial score (nSPS) is 10.1. The van der Waals surface area contributed by atoms with E-state index in [0.717, 1.165) is 16.5 Å². The second kappa shape index (κ2) is 4.70. The van der Waals surface area contributed by atoms with Crippen molar-refractivity contribution in [3.8, 4) is 5.75 Å². The van der Waals surface area contributed by atoms with Crippen LogP contribution in [0.4, 0.5) is 5.69 Å². The molecule has 0 aliphatic rings. The van der Waals surface area contributed by atoms with E-state index in [9.17, 15) is 9.90 Å². The van der Waals surface area contributed by atoms with E-state index in [-0.39, 0.29) is 18.1 Å². The minimum atomic E-state index is -0.0977. The van der Waals surface area contributed by atoms with Gasteiger partial charge in [0, 0.05) is 17.5 Å². The van der Waals surface area contributed by atoms with Crippen LogP contribution < -0.4 is 5.32 Å². The number of hydrogen-bond donors (Lipinski definition) is 2. The molecule has 0 saturated carbocycles. The minimum Gasteiger partial charge on any atom is -0.507 e. The largest absolute Gasteiger partial charge is 0.507 e. The fourth-order valence-corrected chi connectivity index (χ4v) is 1.69. The molecule has 0 aliphatic carbocycles. The van der Waals surface area contributed by atoms with Gasteiger partial charge in [0.2, 0.25) is 5.91 Å². The van der Waals surface area contributed by atoms with E-state index in [2.05, 4.69) is 11.9 Å². The summed E-state index contributed by atoms with van der Waals surface area (Å²) in [5.41, 5.74) is 0.718. The highest BCUT2D eigenvalue weighted by Gasteiger charge is 2.02. The molecule has 3 heteroatoms. The van der Waals surface area contributed by atoms with Crippen molar-refractivity contribution < 1.29 is 9.90 Å². The number of carbonyl (C=O) groups is 1. The Bertz CT molecular complexity index is 575. The Labute approximate surface area is 99.4 Å². The molecule has 0 unspecified atom stereocenters. The van der Waals surface area contributed by atoms with Crippen molar-refractivity contribution in [2.45, 2.75) is 6.42 Å². The lowest BCUT2D eigenvalue weighted by atomic mass is 10.1. The molecule has 86 valence electrons. The topological polar surface area (TPSA) is 49.3 Å². The van der Waals surface area contributed by atoms with Crippen LogP contribution >= 0.6 is 0 Å². The van der Waals surface area contributed by atoms with E-state index >= 15 is 0 Å². The predicted molar refractivity (Wildman–Crippen MR) is 69.1 cm³/mol. The SMILES string of the molecule is C=CCC(=O)Nc1ccc2c(O)cccc2c1. The summed E-state index contributed by atoms with van der Waals surface area (Å²) in [5.74, 6) is 0.144. The van der Waals surface area contributed by atoms with Crippen LogP contribution in [0, 0.1) is 0 Å². The summed E-state index contributed by atoms with van der Waals surface area (Å²) in [6, 6.07) is 10.7. The summed E-state index contributed by atoms with van der Waals surface area (Å²) < 4.78 is 0. The lowest BCUT2D eigenvalue weighted by molar-refractivity contribution is -0.115. The second-order valence-corrected chi connectivity index (χ2v) is 3.75. The van der Waals surface area contributed by atoms with Gasteiger partial charge in [0.15, 0.2) is 0 Å². The molecule has 2 aromatic carbocycles. The lowest BCUT2D eigenvalue weighted by Gasteiger charge is -2.06. The molecular formula is C14H13NO2. The van der Waals surface area contributed by atoms with Crippen LogP contribution in [0.1, 0.15) is 6.42 Å². The van der Waals surface area contributed by atoms with Gasteiger partial charge in [-0.3, -0.25) is 4.79 Å². The summed E-state index contributed by atoms with van der Waals surface area (Å²) in [6.45, 7) is 3.51. The quantitative estimate of drug-likeness (QED) is 0.792. The van der Waals surface area contributed by atoms with E-state index in [0.29, 0.717) is 0 Å². The van der Waals surface area contributed by atoms with Crippen LogP contribution in [0.3, 0.4) is 0 Å². The number of benzene rings is 2. The van der Waals surface area contributed by atoms with Crippen LogP contribution in [0.15, 0.2) is 49.1 Å². The fraction of sp³-hybridized carbons (Fsp3) is 0.0714. The number of amides is 1. The summed E-state index contributed by atoms with van der Waals surface area (Å²) >= 11 is 0. The Morgan fingerprint density at radius 3 is 2.94 bits per heavy atom. The molecule has 0 aromatic heterocycles. The number of nitrogens with one attached hydrogen (secondary N) is 1. The van der Waals surface area contributed by atoms with E-state index < -0.39 is 0 Å². The summed E-state index contributed by atoms with van der Waals surface area (Å²) in [5, 5.41) is 14.1. The van der Waals surface area contributed by atoms with Gasteiger partial charge < -0.3 is 10.4 Å². The molecule has 0 bridgehead atoms. The lowest BCUT2D eigenvalue weighted by Crippen LogP contribution is -2.09. The Morgan fingerprint density at radius 1 is 1.35 bits per heavy atom. The van der Waals surface area contributed by atoms with Crippen LogP contribution in [-0.4, -0.2) is 11.0 Å². The van der Waals surface area contributed by atoms with Crippen LogP contribution in [0.2, 0.25) is 0 Å². The second-order valence-electron chi connectivity index (χ2n) is 3.75. The van der Waals surface area contributed by atoms with Crippen LogP contribution in [0.25, 0.3) is 10.8 Å². The van der Waals surface area contributed by atoms with Crippen molar-refractivity contribution in [3.63, 3.8) is 0 Å². The van der Waals surface area contributed by atoms with E-state index in [1.54, 1.807) is 30.3 Å². The maximum atomic E-state index is 11.4. The standard InChI is InChI=1S/C14H13NO2/c1-2-4-14(17)15-11-7-8-12-10(9-11)5-3-6-13(12)16/h2-3,5-9,16H,1,4H2,(H,15,17).